The van der Waals surface area contributed by atoms with E-state index in [1.807, 2.05) is 11.8 Å². The highest BCUT2D eigenvalue weighted by Gasteiger charge is 2.25. The molecule has 1 fully saturated rings. The predicted molar refractivity (Wildman–Crippen MR) is 98.2 cm³/mol. The second-order valence-corrected chi connectivity index (χ2v) is 7.40. The fourth-order valence-corrected chi connectivity index (χ4v) is 4.47. The molecule has 2 atom stereocenters. The van der Waals surface area contributed by atoms with Crippen LogP contribution < -0.4 is 10.1 Å². The van der Waals surface area contributed by atoms with E-state index in [9.17, 15) is 0 Å². The number of ether oxygens (including phenoxy) is 1. The predicted octanol–water partition coefficient (Wildman–Crippen LogP) is 4.89. The minimum absolute atomic E-state index is 0.594. The average molecular weight is 327 g/mol. The molecule has 0 spiro atoms. The summed E-state index contributed by atoms with van der Waals surface area (Å²) in [5.74, 6) is 0.928. The third-order valence-electron chi connectivity index (χ3n) is 4.46. The first kappa shape index (κ1) is 16.4. The molecule has 3 rings (SSSR count). The van der Waals surface area contributed by atoms with Crippen LogP contribution in [0.5, 0.6) is 5.75 Å². The maximum absolute atomic E-state index is 5.25. The molecule has 1 aliphatic carbocycles. The van der Waals surface area contributed by atoms with Gasteiger partial charge in [0.2, 0.25) is 0 Å². The Kier molecular flexibility index (Phi) is 6.00. The molecule has 2 aromatic rings. The Morgan fingerprint density at radius 1 is 1.00 bits per heavy atom. The molecule has 0 aromatic heterocycles. The second kappa shape index (κ2) is 8.42. The Hall–Kier alpha value is -1.45. The van der Waals surface area contributed by atoms with Gasteiger partial charge in [-0.25, -0.2) is 0 Å². The number of hydrogen-bond acceptors (Lipinski definition) is 3. The highest BCUT2D eigenvalue weighted by Crippen LogP contribution is 2.34. The normalized spacial score (nSPS) is 21.1. The molecule has 1 aliphatic rings. The van der Waals surface area contributed by atoms with Gasteiger partial charge < -0.3 is 10.1 Å². The van der Waals surface area contributed by atoms with E-state index in [4.69, 9.17) is 4.74 Å². The summed E-state index contributed by atoms with van der Waals surface area (Å²) >= 11 is 2.01. The van der Waals surface area contributed by atoms with Gasteiger partial charge >= 0.3 is 0 Å². The first-order chi connectivity index (χ1) is 11.3. The molecule has 1 N–H and O–H groups in total. The summed E-state index contributed by atoms with van der Waals surface area (Å²) in [5, 5.41) is 4.44. The van der Waals surface area contributed by atoms with E-state index in [1.54, 1.807) is 7.11 Å². The number of thioether (sulfide) groups is 1. The highest BCUT2D eigenvalue weighted by molar-refractivity contribution is 8.00. The SMILES string of the molecule is COc1ccc(S[C@H]2CCCC[C@@H]2NCc2ccccc2)cc1. The maximum atomic E-state index is 5.25. The minimum Gasteiger partial charge on any atom is -0.497 e. The van der Waals surface area contributed by atoms with Crippen LogP contribution in [0.3, 0.4) is 0 Å². The van der Waals surface area contributed by atoms with Gasteiger partial charge in [0.05, 0.1) is 7.11 Å². The van der Waals surface area contributed by atoms with E-state index in [1.165, 1.54) is 36.1 Å². The van der Waals surface area contributed by atoms with Crippen LogP contribution in [0.2, 0.25) is 0 Å². The average Bonchev–Trinajstić information content (AvgIpc) is 2.62. The smallest absolute Gasteiger partial charge is 0.118 e. The Balaban J connectivity index is 1.59. The van der Waals surface area contributed by atoms with Crippen LogP contribution in [0, 0.1) is 0 Å². The summed E-state index contributed by atoms with van der Waals surface area (Å²) in [5.41, 5.74) is 1.37. The summed E-state index contributed by atoms with van der Waals surface area (Å²) in [6, 6.07) is 19.7. The molecule has 0 saturated heterocycles. The van der Waals surface area contributed by atoms with Crippen molar-refractivity contribution in [2.45, 2.75) is 48.4 Å². The molecule has 0 amide bonds. The lowest BCUT2D eigenvalue weighted by Gasteiger charge is -2.32. The van der Waals surface area contributed by atoms with Gasteiger partial charge in [-0.1, -0.05) is 43.2 Å². The van der Waals surface area contributed by atoms with Crippen molar-refractivity contribution in [2.75, 3.05) is 7.11 Å². The summed E-state index contributed by atoms with van der Waals surface area (Å²) in [6.07, 6.45) is 5.26. The zero-order valence-corrected chi connectivity index (χ0v) is 14.5. The van der Waals surface area contributed by atoms with E-state index < -0.39 is 0 Å². The molecule has 2 nitrogen and oxygen atoms in total. The fourth-order valence-electron chi connectivity index (χ4n) is 3.15. The molecule has 0 unspecified atom stereocenters. The molecule has 0 bridgehead atoms. The van der Waals surface area contributed by atoms with Crippen LogP contribution in [-0.4, -0.2) is 18.4 Å². The standard InChI is InChI=1S/C20H25NOS/c1-22-17-11-13-18(14-12-17)23-20-10-6-5-9-19(20)21-15-16-7-3-2-4-8-16/h2-4,7-8,11-14,19-21H,5-6,9-10,15H2,1H3/t19-,20-/m0/s1. The summed E-state index contributed by atoms with van der Waals surface area (Å²) in [4.78, 5) is 1.34. The van der Waals surface area contributed by atoms with Gasteiger partial charge in [0, 0.05) is 22.7 Å². The summed E-state index contributed by atoms with van der Waals surface area (Å²) < 4.78 is 5.25. The first-order valence-electron chi connectivity index (χ1n) is 8.43. The largest absolute Gasteiger partial charge is 0.497 e. The van der Waals surface area contributed by atoms with E-state index in [2.05, 4.69) is 59.9 Å². The van der Waals surface area contributed by atoms with Crippen molar-refractivity contribution in [1.29, 1.82) is 0 Å². The molecule has 0 aliphatic heterocycles. The number of benzene rings is 2. The van der Waals surface area contributed by atoms with E-state index >= 15 is 0 Å². The Morgan fingerprint density at radius 3 is 2.48 bits per heavy atom. The van der Waals surface area contributed by atoms with Gasteiger partial charge in [-0.05, 0) is 42.7 Å². The van der Waals surface area contributed by atoms with Crippen LogP contribution in [-0.2, 0) is 6.54 Å². The van der Waals surface area contributed by atoms with Crippen LogP contribution in [0.4, 0.5) is 0 Å². The molecular formula is C20H25NOS. The molecule has 2 aromatic carbocycles. The molecule has 0 radical (unpaired) electrons. The molecule has 23 heavy (non-hydrogen) atoms. The van der Waals surface area contributed by atoms with Gasteiger partial charge in [0.25, 0.3) is 0 Å². The topological polar surface area (TPSA) is 21.3 Å². The monoisotopic (exact) mass is 327 g/mol. The van der Waals surface area contributed by atoms with Crippen molar-refractivity contribution in [3.05, 3.63) is 60.2 Å². The van der Waals surface area contributed by atoms with Crippen molar-refractivity contribution in [3.8, 4) is 5.75 Å². The second-order valence-electron chi connectivity index (χ2n) is 6.09. The van der Waals surface area contributed by atoms with Gasteiger partial charge in [0.1, 0.15) is 5.75 Å². The summed E-state index contributed by atoms with van der Waals surface area (Å²) in [6.45, 7) is 0.963. The van der Waals surface area contributed by atoms with Crippen molar-refractivity contribution >= 4 is 11.8 Å². The first-order valence-corrected chi connectivity index (χ1v) is 9.31. The lowest BCUT2D eigenvalue weighted by molar-refractivity contribution is 0.382. The van der Waals surface area contributed by atoms with Crippen LogP contribution in [0.1, 0.15) is 31.2 Å². The lowest BCUT2D eigenvalue weighted by atomic mass is 9.94. The highest BCUT2D eigenvalue weighted by atomic mass is 32.2. The van der Waals surface area contributed by atoms with Gasteiger partial charge in [-0.3, -0.25) is 0 Å². The molecule has 3 heteroatoms. The van der Waals surface area contributed by atoms with Gasteiger partial charge in [-0.15, -0.1) is 11.8 Å². The minimum atomic E-state index is 0.594. The van der Waals surface area contributed by atoms with Crippen LogP contribution >= 0.6 is 11.8 Å². The Labute approximate surface area is 143 Å². The van der Waals surface area contributed by atoms with Gasteiger partial charge in [0.15, 0.2) is 0 Å². The molecule has 1 saturated carbocycles. The number of nitrogens with one attached hydrogen (secondary N) is 1. The maximum Gasteiger partial charge on any atom is 0.118 e. The van der Waals surface area contributed by atoms with Crippen molar-refractivity contribution in [3.63, 3.8) is 0 Å². The molecule has 0 heterocycles. The Morgan fingerprint density at radius 2 is 1.74 bits per heavy atom. The van der Waals surface area contributed by atoms with E-state index in [0.717, 1.165) is 12.3 Å². The number of rotatable bonds is 6. The quantitative estimate of drug-likeness (QED) is 0.816. The number of methoxy groups -OCH3 is 1. The lowest BCUT2D eigenvalue weighted by Crippen LogP contribution is -2.40. The fraction of sp³-hybridized carbons (Fsp3) is 0.400. The van der Waals surface area contributed by atoms with Crippen LogP contribution in [0.15, 0.2) is 59.5 Å². The Bertz CT molecular complexity index is 584. The van der Waals surface area contributed by atoms with Gasteiger partial charge in [-0.2, -0.15) is 0 Å². The van der Waals surface area contributed by atoms with E-state index in [-0.39, 0.29) is 0 Å². The van der Waals surface area contributed by atoms with Crippen molar-refractivity contribution in [1.82, 2.24) is 5.32 Å². The van der Waals surface area contributed by atoms with Crippen molar-refractivity contribution in [2.24, 2.45) is 0 Å². The summed E-state index contributed by atoms with van der Waals surface area (Å²) in [7, 11) is 1.72. The van der Waals surface area contributed by atoms with Crippen molar-refractivity contribution < 1.29 is 4.74 Å². The molecular weight excluding hydrogens is 302 g/mol. The number of hydrogen-bond donors (Lipinski definition) is 1. The zero-order valence-electron chi connectivity index (χ0n) is 13.7. The third-order valence-corrected chi connectivity index (χ3v) is 5.87. The molecule has 122 valence electrons. The van der Waals surface area contributed by atoms with E-state index in [0.29, 0.717) is 11.3 Å². The zero-order chi connectivity index (χ0) is 15.9. The van der Waals surface area contributed by atoms with Crippen LogP contribution in [0.25, 0.3) is 0 Å². The third kappa shape index (κ3) is 4.76.